The lowest BCUT2D eigenvalue weighted by atomic mass is 10.0. The molecule has 0 fully saturated rings. The van der Waals surface area contributed by atoms with Crippen molar-refractivity contribution in [2.45, 2.75) is 32.9 Å². The van der Waals surface area contributed by atoms with Crippen LogP contribution >= 0.6 is 11.6 Å². The number of anilines is 1. The first-order chi connectivity index (χ1) is 15.8. The van der Waals surface area contributed by atoms with Crippen molar-refractivity contribution in [3.05, 3.63) is 80.5 Å². The van der Waals surface area contributed by atoms with Crippen molar-refractivity contribution in [3.63, 3.8) is 0 Å². The van der Waals surface area contributed by atoms with Crippen molar-refractivity contribution >= 4 is 29.0 Å². The fraction of sp³-hybridized carbons (Fsp3) is 0.292. The number of benzene rings is 2. The highest BCUT2D eigenvalue weighted by Crippen LogP contribution is 2.32. The molecule has 1 aliphatic rings. The van der Waals surface area contributed by atoms with E-state index in [9.17, 15) is 14.9 Å². The van der Waals surface area contributed by atoms with Gasteiger partial charge in [0, 0.05) is 49.3 Å². The molecule has 0 atom stereocenters. The average Bonchev–Trinajstić information content (AvgIpc) is 2.82. The van der Waals surface area contributed by atoms with E-state index < -0.39 is 4.92 Å². The summed E-state index contributed by atoms with van der Waals surface area (Å²) >= 11 is 6.21. The number of nitro benzene ring substituents is 1. The Kier molecular flexibility index (Phi) is 6.29. The standard InChI is InChI=1S/C24H24ClN5O3/c1-15(2)28(3)23-19-14-29(24(31)18-10-9-17(30(32)33)13-20(18)25)12-11-21(19)26-22(27-23)16-7-5-4-6-8-16/h4-10,13,15H,11-12,14H2,1-3H3. The highest BCUT2D eigenvalue weighted by Gasteiger charge is 2.29. The predicted octanol–water partition coefficient (Wildman–Crippen LogP) is 4.75. The second-order valence-electron chi connectivity index (χ2n) is 8.26. The second-order valence-corrected chi connectivity index (χ2v) is 8.67. The van der Waals surface area contributed by atoms with Crippen LogP contribution in [0.4, 0.5) is 11.5 Å². The molecular formula is C24H24ClN5O3. The van der Waals surface area contributed by atoms with Crippen LogP contribution in [0.25, 0.3) is 11.4 Å². The van der Waals surface area contributed by atoms with Crippen LogP contribution in [0.5, 0.6) is 0 Å². The Morgan fingerprint density at radius 1 is 1.18 bits per heavy atom. The molecule has 1 aliphatic heterocycles. The third-order valence-corrected chi connectivity index (χ3v) is 6.17. The molecule has 4 rings (SSSR count). The van der Waals surface area contributed by atoms with Gasteiger partial charge >= 0.3 is 0 Å². The summed E-state index contributed by atoms with van der Waals surface area (Å²) in [5.74, 6) is 1.18. The molecule has 2 aromatic carbocycles. The summed E-state index contributed by atoms with van der Waals surface area (Å²) in [4.78, 5) is 37.2. The number of carbonyl (C=O) groups is 1. The van der Waals surface area contributed by atoms with Gasteiger partial charge in [-0.2, -0.15) is 0 Å². The molecule has 1 aromatic heterocycles. The van der Waals surface area contributed by atoms with E-state index >= 15 is 0 Å². The fourth-order valence-electron chi connectivity index (χ4n) is 3.78. The summed E-state index contributed by atoms with van der Waals surface area (Å²) in [6.07, 6.45) is 0.576. The minimum atomic E-state index is -0.535. The van der Waals surface area contributed by atoms with Gasteiger partial charge in [0.25, 0.3) is 11.6 Å². The number of halogens is 1. The van der Waals surface area contributed by atoms with E-state index in [1.807, 2.05) is 37.4 Å². The number of rotatable bonds is 5. The Labute approximate surface area is 197 Å². The Bertz CT molecular complexity index is 1220. The SMILES string of the molecule is CC(C)N(C)c1nc(-c2ccccc2)nc2c1CN(C(=O)c1ccc([N+](=O)[O-])cc1Cl)CC2. The van der Waals surface area contributed by atoms with Gasteiger partial charge < -0.3 is 9.80 Å². The summed E-state index contributed by atoms with van der Waals surface area (Å²) in [5, 5.41) is 11.1. The molecule has 0 aliphatic carbocycles. The van der Waals surface area contributed by atoms with E-state index in [2.05, 4.69) is 18.7 Å². The molecule has 0 bridgehead atoms. The van der Waals surface area contributed by atoms with Gasteiger partial charge in [-0.1, -0.05) is 41.9 Å². The molecule has 9 heteroatoms. The van der Waals surface area contributed by atoms with E-state index in [0.29, 0.717) is 25.3 Å². The Balaban J connectivity index is 1.70. The summed E-state index contributed by atoms with van der Waals surface area (Å²) < 4.78 is 0. The van der Waals surface area contributed by atoms with E-state index in [0.717, 1.165) is 22.6 Å². The van der Waals surface area contributed by atoms with Gasteiger partial charge in [-0.15, -0.1) is 0 Å². The van der Waals surface area contributed by atoms with E-state index in [1.165, 1.54) is 18.2 Å². The lowest BCUT2D eigenvalue weighted by molar-refractivity contribution is -0.384. The summed E-state index contributed by atoms with van der Waals surface area (Å²) in [5.41, 5.74) is 2.86. The molecule has 0 saturated heterocycles. The smallest absolute Gasteiger partial charge is 0.270 e. The van der Waals surface area contributed by atoms with E-state index in [4.69, 9.17) is 21.6 Å². The molecule has 0 saturated carbocycles. The zero-order valence-electron chi connectivity index (χ0n) is 18.7. The fourth-order valence-corrected chi connectivity index (χ4v) is 4.04. The van der Waals surface area contributed by atoms with Gasteiger partial charge in [-0.05, 0) is 19.9 Å². The number of aromatic nitrogens is 2. The summed E-state index contributed by atoms with van der Waals surface area (Å²) in [7, 11) is 1.98. The summed E-state index contributed by atoms with van der Waals surface area (Å²) in [6.45, 7) is 4.97. The van der Waals surface area contributed by atoms with Crippen molar-refractivity contribution in [1.82, 2.24) is 14.9 Å². The number of non-ortho nitro benzene ring substituents is 1. The maximum absolute atomic E-state index is 13.2. The van der Waals surface area contributed by atoms with Crippen LogP contribution in [0.15, 0.2) is 48.5 Å². The molecule has 170 valence electrons. The van der Waals surface area contributed by atoms with Crippen molar-refractivity contribution in [2.75, 3.05) is 18.5 Å². The molecular weight excluding hydrogens is 442 g/mol. The minimum absolute atomic E-state index is 0.0650. The average molecular weight is 466 g/mol. The zero-order valence-corrected chi connectivity index (χ0v) is 19.4. The van der Waals surface area contributed by atoms with Crippen molar-refractivity contribution in [2.24, 2.45) is 0 Å². The Morgan fingerprint density at radius 2 is 1.91 bits per heavy atom. The number of carbonyl (C=O) groups excluding carboxylic acids is 1. The third-order valence-electron chi connectivity index (χ3n) is 5.86. The first-order valence-corrected chi connectivity index (χ1v) is 11.0. The number of nitro groups is 1. The largest absolute Gasteiger partial charge is 0.357 e. The lowest BCUT2D eigenvalue weighted by Gasteiger charge is -2.33. The predicted molar refractivity (Wildman–Crippen MR) is 128 cm³/mol. The normalized spacial score (nSPS) is 13.1. The number of hydrogen-bond donors (Lipinski definition) is 0. The van der Waals surface area contributed by atoms with Crippen LogP contribution in [0.3, 0.4) is 0 Å². The van der Waals surface area contributed by atoms with Gasteiger partial charge in [0.2, 0.25) is 0 Å². The molecule has 0 spiro atoms. The van der Waals surface area contributed by atoms with Gasteiger partial charge in [0.1, 0.15) is 5.82 Å². The van der Waals surface area contributed by atoms with Gasteiger partial charge in [-0.25, -0.2) is 9.97 Å². The number of hydrogen-bond acceptors (Lipinski definition) is 6. The first-order valence-electron chi connectivity index (χ1n) is 10.7. The van der Waals surface area contributed by atoms with Crippen LogP contribution in [-0.4, -0.2) is 45.3 Å². The minimum Gasteiger partial charge on any atom is -0.357 e. The number of nitrogens with zero attached hydrogens (tertiary/aromatic N) is 5. The lowest BCUT2D eigenvalue weighted by Crippen LogP contribution is -2.38. The van der Waals surface area contributed by atoms with Gasteiger partial charge in [0.15, 0.2) is 5.82 Å². The molecule has 3 aromatic rings. The maximum Gasteiger partial charge on any atom is 0.270 e. The zero-order chi connectivity index (χ0) is 23.7. The first kappa shape index (κ1) is 22.7. The van der Waals surface area contributed by atoms with E-state index in [1.54, 1.807) is 4.90 Å². The highest BCUT2D eigenvalue weighted by molar-refractivity contribution is 6.34. The van der Waals surface area contributed by atoms with Crippen LogP contribution in [0, 0.1) is 10.1 Å². The van der Waals surface area contributed by atoms with Crippen LogP contribution in [-0.2, 0) is 13.0 Å². The van der Waals surface area contributed by atoms with Crippen LogP contribution in [0.1, 0.15) is 35.5 Å². The third kappa shape index (κ3) is 4.52. The molecule has 0 radical (unpaired) electrons. The molecule has 2 heterocycles. The van der Waals surface area contributed by atoms with Gasteiger partial charge in [-0.3, -0.25) is 14.9 Å². The van der Waals surface area contributed by atoms with Crippen LogP contribution < -0.4 is 4.90 Å². The van der Waals surface area contributed by atoms with E-state index in [-0.39, 0.29) is 28.2 Å². The molecule has 33 heavy (non-hydrogen) atoms. The number of fused-ring (bicyclic) bond motifs is 1. The quantitative estimate of drug-likeness (QED) is 0.399. The molecule has 1 amide bonds. The monoisotopic (exact) mass is 465 g/mol. The van der Waals surface area contributed by atoms with Crippen molar-refractivity contribution in [1.29, 1.82) is 0 Å². The van der Waals surface area contributed by atoms with Crippen molar-refractivity contribution in [3.8, 4) is 11.4 Å². The molecule has 0 N–H and O–H groups in total. The number of amides is 1. The molecule has 0 unspecified atom stereocenters. The van der Waals surface area contributed by atoms with Crippen LogP contribution in [0.2, 0.25) is 5.02 Å². The van der Waals surface area contributed by atoms with Gasteiger partial charge in [0.05, 0.1) is 27.7 Å². The molecule has 8 nitrogen and oxygen atoms in total. The second kappa shape index (κ2) is 9.15. The Morgan fingerprint density at radius 3 is 2.55 bits per heavy atom. The van der Waals surface area contributed by atoms with Crippen molar-refractivity contribution < 1.29 is 9.72 Å². The maximum atomic E-state index is 13.2. The summed E-state index contributed by atoms with van der Waals surface area (Å²) in [6, 6.07) is 13.9. The Hall–Kier alpha value is -3.52. The highest BCUT2D eigenvalue weighted by atomic mass is 35.5. The topological polar surface area (TPSA) is 92.5 Å².